The maximum absolute atomic E-state index is 2.27. The number of rotatable bonds is 4. The van der Waals surface area contributed by atoms with Gasteiger partial charge in [-0.2, -0.15) is 0 Å². The zero-order valence-corrected chi connectivity index (χ0v) is 7.78. The van der Waals surface area contributed by atoms with Gasteiger partial charge in [-0.05, 0) is 27.7 Å². The molecule has 0 heterocycles. The van der Waals surface area contributed by atoms with E-state index < -0.39 is 0 Å². The van der Waals surface area contributed by atoms with Crippen LogP contribution in [0.15, 0.2) is 0 Å². The summed E-state index contributed by atoms with van der Waals surface area (Å²) in [5.41, 5.74) is 0. The fourth-order valence-electron chi connectivity index (χ4n) is 1.34. The molecule has 0 aromatic carbocycles. The number of hydrogen-bond donors (Lipinski definition) is 0. The average Bonchev–Trinajstić information content (AvgIpc) is 1.95. The number of nitrogens with zero attached hydrogens (tertiary/aromatic N) is 1. The van der Waals surface area contributed by atoms with E-state index in [1.807, 2.05) is 0 Å². The molecule has 2 N–H and O–H groups in total. The van der Waals surface area contributed by atoms with Crippen LogP contribution < -0.4 is 0 Å². The van der Waals surface area contributed by atoms with Crippen LogP contribution in [0.25, 0.3) is 0 Å². The molecule has 0 bridgehead atoms. The molecule has 0 spiro atoms. The van der Waals surface area contributed by atoms with E-state index in [4.69, 9.17) is 0 Å². The van der Waals surface area contributed by atoms with Gasteiger partial charge in [-0.1, -0.05) is 0 Å². The van der Waals surface area contributed by atoms with Crippen molar-refractivity contribution in [2.75, 3.05) is 26.2 Å². The molecular formula is C8H23NO. The summed E-state index contributed by atoms with van der Waals surface area (Å²) in [5.74, 6) is 0. The summed E-state index contributed by atoms with van der Waals surface area (Å²) in [4.78, 5) is 0. The third-order valence-corrected chi connectivity index (χ3v) is 2.68. The van der Waals surface area contributed by atoms with Crippen molar-refractivity contribution in [3.8, 4) is 0 Å². The smallest absolute Gasteiger partial charge is 0.0757 e. The lowest BCUT2D eigenvalue weighted by Crippen LogP contribution is -2.47. The van der Waals surface area contributed by atoms with Crippen LogP contribution in [0, 0.1) is 0 Å². The van der Waals surface area contributed by atoms with Crippen LogP contribution in [0.4, 0.5) is 0 Å². The maximum Gasteiger partial charge on any atom is 0.0757 e. The van der Waals surface area contributed by atoms with Gasteiger partial charge in [-0.25, -0.2) is 0 Å². The van der Waals surface area contributed by atoms with E-state index in [0.717, 1.165) is 0 Å². The summed E-state index contributed by atoms with van der Waals surface area (Å²) in [6, 6.07) is 0. The minimum atomic E-state index is 0. The normalized spacial score (nSPS) is 10.8. The Bertz CT molecular complexity index is 57.0. The fraction of sp³-hybridized carbons (Fsp3) is 1.00. The van der Waals surface area contributed by atoms with E-state index in [9.17, 15) is 0 Å². The van der Waals surface area contributed by atoms with E-state index in [2.05, 4.69) is 27.7 Å². The lowest BCUT2D eigenvalue weighted by Gasteiger charge is -2.34. The molecule has 0 aliphatic carbocycles. The first-order valence-electron chi connectivity index (χ1n) is 4.09. The van der Waals surface area contributed by atoms with Gasteiger partial charge in [-0.15, -0.1) is 0 Å². The lowest BCUT2D eigenvalue weighted by atomic mass is 10.3. The Morgan fingerprint density at radius 3 is 1.00 bits per heavy atom. The summed E-state index contributed by atoms with van der Waals surface area (Å²) in [5, 5.41) is 0. The fourth-order valence-corrected chi connectivity index (χ4v) is 1.34. The van der Waals surface area contributed by atoms with Crippen LogP contribution in [0.5, 0.6) is 0 Å². The Kier molecular flexibility index (Phi) is 7.15. The summed E-state index contributed by atoms with van der Waals surface area (Å²) < 4.78 is 1.28. The highest BCUT2D eigenvalue weighted by Crippen LogP contribution is 2.03. The molecule has 0 saturated heterocycles. The van der Waals surface area contributed by atoms with Gasteiger partial charge in [0.2, 0.25) is 0 Å². The van der Waals surface area contributed by atoms with Gasteiger partial charge in [0.1, 0.15) is 0 Å². The van der Waals surface area contributed by atoms with Crippen LogP contribution in [0.3, 0.4) is 0 Å². The molecule has 0 aromatic heterocycles. The zero-order valence-electron chi connectivity index (χ0n) is 8.78. The summed E-state index contributed by atoms with van der Waals surface area (Å²) >= 11 is 0. The topological polar surface area (TPSA) is 31.5 Å². The van der Waals surface area contributed by atoms with E-state index in [1.54, 1.807) is 0 Å². The molecule has 66 valence electrons. The SMILES string of the molecule is CC[N+](CC)(CC)CC.O.[H-]. The first-order valence-corrected chi connectivity index (χ1v) is 4.09. The maximum atomic E-state index is 2.27. The van der Waals surface area contributed by atoms with Crippen molar-refractivity contribution in [1.82, 2.24) is 0 Å². The monoisotopic (exact) mass is 149 g/mol. The van der Waals surface area contributed by atoms with Crippen LogP contribution in [0.2, 0.25) is 0 Å². The molecule has 0 rings (SSSR count). The van der Waals surface area contributed by atoms with Gasteiger partial charge in [0.25, 0.3) is 0 Å². The van der Waals surface area contributed by atoms with Crippen LogP contribution in [-0.4, -0.2) is 36.1 Å². The molecule has 0 radical (unpaired) electrons. The molecule has 0 aromatic rings. The number of hydrogen-bond acceptors (Lipinski definition) is 0. The molecular weight excluding hydrogens is 126 g/mol. The summed E-state index contributed by atoms with van der Waals surface area (Å²) in [6.45, 7) is 14.2. The second kappa shape index (κ2) is 5.69. The van der Waals surface area contributed by atoms with Gasteiger partial charge in [-0.3, -0.25) is 0 Å². The quantitative estimate of drug-likeness (QED) is 0.537. The van der Waals surface area contributed by atoms with Gasteiger partial charge < -0.3 is 11.4 Å². The lowest BCUT2D eigenvalue weighted by molar-refractivity contribution is -0.921. The highest BCUT2D eigenvalue weighted by molar-refractivity contribution is 4.31. The molecule has 0 fully saturated rings. The van der Waals surface area contributed by atoms with Crippen LogP contribution in [-0.2, 0) is 0 Å². The van der Waals surface area contributed by atoms with Crippen molar-refractivity contribution in [2.24, 2.45) is 0 Å². The minimum absolute atomic E-state index is 0. The van der Waals surface area contributed by atoms with Gasteiger partial charge >= 0.3 is 0 Å². The Balaban J connectivity index is -0.000000320. The first-order chi connectivity index (χ1) is 4.24. The number of quaternary nitrogens is 1. The van der Waals surface area contributed by atoms with Crippen molar-refractivity contribution in [1.29, 1.82) is 0 Å². The molecule has 0 aliphatic rings. The Labute approximate surface area is 66.2 Å². The van der Waals surface area contributed by atoms with E-state index in [-0.39, 0.29) is 6.90 Å². The molecule has 0 saturated carbocycles. The molecule has 2 heteroatoms. The standard InChI is InChI=1S/C8H20N.H2O.H/c1-5-9(6-2,7-3)8-4;;/h5-8H2,1-4H3;1H2;/q+1;;-1. The van der Waals surface area contributed by atoms with E-state index in [0.29, 0.717) is 0 Å². The van der Waals surface area contributed by atoms with E-state index >= 15 is 0 Å². The van der Waals surface area contributed by atoms with Crippen LogP contribution >= 0.6 is 0 Å². The molecule has 0 unspecified atom stereocenters. The Hall–Kier alpha value is -0.0800. The van der Waals surface area contributed by atoms with Gasteiger partial charge in [0.05, 0.1) is 26.2 Å². The first kappa shape index (κ1) is 12.6. The van der Waals surface area contributed by atoms with Gasteiger partial charge in [0, 0.05) is 0 Å². The summed E-state index contributed by atoms with van der Waals surface area (Å²) in [7, 11) is 0. The van der Waals surface area contributed by atoms with E-state index in [1.165, 1.54) is 30.7 Å². The van der Waals surface area contributed by atoms with Crippen LogP contribution in [0.1, 0.15) is 29.1 Å². The molecule has 0 atom stereocenters. The van der Waals surface area contributed by atoms with Gasteiger partial charge in [0.15, 0.2) is 0 Å². The predicted octanol–water partition coefficient (Wildman–Crippen LogP) is 1.17. The highest BCUT2D eigenvalue weighted by atomic mass is 16.0. The van der Waals surface area contributed by atoms with Crippen molar-refractivity contribution in [3.05, 3.63) is 0 Å². The Morgan fingerprint density at radius 2 is 1.00 bits per heavy atom. The second-order valence-electron chi connectivity index (χ2n) is 2.61. The van der Waals surface area contributed by atoms with Crippen molar-refractivity contribution in [2.45, 2.75) is 27.7 Å². The van der Waals surface area contributed by atoms with Crippen molar-refractivity contribution >= 4 is 0 Å². The largest absolute Gasteiger partial charge is 1.00 e. The minimum Gasteiger partial charge on any atom is -1.00 e. The molecule has 0 amide bonds. The Morgan fingerprint density at radius 1 is 0.800 bits per heavy atom. The second-order valence-corrected chi connectivity index (χ2v) is 2.61. The molecule has 2 nitrogen and oxygen atoms in total. The highest BCUT2D eigenvalue weighted by Gasteiger charge is 2.16. The predicted molar refractivity (Wildman–Crippen MR) is 47.2 cm³/mol. The molecule has 0 aliphatic heterocycles. The third kappa shape index (κ3) is 2.67. The third-order valence-electron chi connectivity index (χ3n) is 2.68. The molecule has 10 heavy (non-hydrogen) atoms. The van der Waals surface area contributed by atoms with Crippen molar-refractivity contribution < 1.29 is 11.4 Å². The average molecular weight is 149 g/mol. The summed E-state index contributed by atoms with van der Waals surface area (Å²) in [6.07, 6.45) is 0. The zero-order chi connectivity index (χ0) is 7.33. The van der Waals surface area contributed by atoms with Crippen molar-refractivity contribution in [3.63, 3.8) is 0 Å².